The lowest BCUT2D eigenvalue weighted by atomic mass is 10.3. The molecule has 4 nitrogen and oxygen atoms in total. The molecule has 1 aromatic carbocycles. The van der Waals surface area contributed by atoms with Gasteiger partial charge in [0, 0.05) is 22.9 Å². The van der Waals surface area contributed by atoms with E-state index in [-0.39, 0.29) is 4.90 Å². The summed E-state index contributed by atoms with van der Waals surface area (Å²) in [6.45, 7) is 6.36. The van der Waals surface area contributed by atoms with Gasteiger partial charge >= 0.3 is 0 Å². The lowest BCUT2D eigenvalue weighted by molar-refractivity contribution is 0.583. The normalized spacial score (nSPS) is 12.0. The summed E-state index contributed by atoms with van der Waals surface area (Å²) in [5.41, 5.74) is 6.48. The second kappa shape index (κ2) is 6.45. The van der Waals surface area contributed by atoms with E-state index in [2.05, 4.69) is 18.6 Å². The Balaban J connectivity index is 3.00. The Morgan fingerprint density at radius 1 is 1.39 bits per heavy atom. The molecule has 3 N–H and O–H groups in total. The van der Waals surface area contributed by atoms with Gasteiger partial charge in [-0.1, -0.05) is 20.8 Å². The lowest BCUT2D eigenvalue weighted by Crippen LogP contribution is -2.23. The Labute approximate surface area is 113 Å². The molecule has 102 valence electrons. The Bertz CT molecular complexity index is 499. The number of sulfonamides is 1. The highest BCUT2D eigenvalue weighted by Gasteiger charge is 2.14. The number of nitrogen functional groups attached to an aromatic ring is 1. The molecular formula is C12H20N2O2S2. The van der Waals surface area contributed by atoms with Crippen LogP contribution in [0.4, 0.5) is 5.69 Å². The quantitative estimate of drug-likeness (QED) is 0.622. The first-order valence-electron chi connectivity index (χ1n) is 5.88. The van der Waals surface area contributed by atoms with Gasteiger partial charge in [-0.2, -0.15) is 0 Å². The van der Waals surface area contributed by atoms with E-state index in [4.69, 9.17) is 5.73 Å². The first-order chi connectivity index (χ1) is 8.36. The molecule has 0 aliphatic carbocycles. The van der Waals surface area contributed by atoms with Crippen LogP contribution < -0.4 is 10.5 Å². The van der Waals surface area contributed by atoms with Gasteiger partial charge in [0.1, 0.15) is 0 Å². The summed E-state index contributed by atoms with van der Waals surface area (Å²) in [5, 5.41) is 0. The molecule has 0 aromatic heterocycles. The maximum Gasteiger partial charge on any atom is 0.240 e. The number of nitrogens with one attached hydrogen (secondary N) is 1. The standard InChI is InChI=1S/C12H20N2O2S2/c1-4-14-18(15,16)10-5-6-11(13)12(7-10)17-8-9(2)3/h5-7,9,14H,4,8,13H2,1-3H3. The Morgan fingerprint density at radius 2 is 2.06 bits per heavy atom. The van der Waals surface area contributed by atoms with Crippen LogP contribution in [0.15, 0.2) is 28.0 Å². The fourth-order valence-corrected chi connectivity index (χ4v) is 3.44. The maximum absolute atomic E-state index is 11.9. The van der Waals surface area contributed by atoms with Gasteiger partial charge < -0.3 is 5.73 Å². The van der Waals surface area contributed by atoms with Crippen molar-refractivity contribution in [2.75, 3.05) is 18.0 Å². The average Bonchev–Trinajstić information content (AvgIpc) is 2.27. The van der Waals surface area contributed by atoms with Gasteiger partial charge in [0.15, 0.2) is 0 Å². The molecule has 0 atom stereocenters. The molecule has 18 heavy (non-hydrogen) atoms. The highest BCUT2D eigenvalue weighted by molar-refractivity contribution is 7.99. The van der Waals surface area contributed by atoms with Gasteiger partial charge in [0.05, 0.1) is 4.90 Å². The molecule has 0 aliphatic heterocycles. The summed E-state index contributed by atoms with van der Waals surface area (Å²) in [5.74, 6) is 1.44. The number of benzene rings is 1. The predicted octanol–water partition coefficient (Wildman–Crippen LogP) is 2.32. The summed E-state index contributed by atoms with van der Waals surface area (Å²) >= 11 is 1.59. The number of hydrogen-bond donors (Lipinski definition) is 2. The summed E-state index contributed by atoms with van der Waals surface area (Å²) in [6.07, 6.45) is 0. The number of rotatable bonds is 6. The minimum Gasteiger partial charge on any atom is -0.398 e. The van der Waals surface area contributed by atoms with E-state index in [0.717, 1.165) is 10.6 Å². The third kappa shape index (κ3) is 4.19. The molecule has 0 bridgehead atoms. The van der Waals surface area contributed by atoms with E-state index >= 15 is 0 Å². The summed E-state index contributed by atoms with van der Waals surface area (Å²) in [7, 11) is -3.41. The number of hydrogen-bond acceptors (Lipinski definition) is 4. The third-order valence-corrected chi connectivity index (χ3v) is 5.24. The van der Waals surface area contributed by atoms with E-state index in [0.29, 0.717) is 18.2 Å². The SMILES string of the molecule is CCNS(=O)(=O)c1ccc(N)c(SCC(C)C)c1. The predicted molar refractivity (Wildman–Crippen MR) is 77.3 cm³/mol. The van der Waals surface area contributed by atoms with E-state index in [9.17, 15) is 8.42 Å². The molecule has 0 saturated heterocycles. The highest BCUT2D eigenvalue weighted by atomic mass is 32.2. The molecule has 0 unspecified atom stereocenters. The minimum absolute atomic E-state index is 0.268. The van der Waals surface area contributed by atoms with Crippen LogP contribution in [0.3, 0.4) is 0 Å². The van der Waals surface area contributed by atoms with Crippen LogP contribution in [-0.2, 0) is 10.0 Å². The Hall–Kier alpha value is -0.720. The number of nitrogens with two attached hydrogens (primary N) is 1. The monoisotopic (exact) mass is 288 g/mol. The van der Waals surface area contributed by atoms with E-state index in [1.54, 1.807) is 30.8 Å². The van der Waals surface area contributed by atoms with Gasteiger partial charge in [0.25, 0.3) is 0 Å². The molecule has 0 amide bonds. The van der Waals surface area contributed by atoms with Crippen LogP contribution in [0.1, 0.15) is 20.8 Å². The molecule has 0 aliphatic rings. The van der Waals surface area contributed by atoms with Gasteiger partial charge in [-0.05, 0) is 24.1 Å². The molecule has 1 rings (SSSR count). The molecule has 1 aromatic rings. The van der Waals surface area contributed by atoms with E-state index in [1.165, 1.54) is 6.07 Å². The van der Waals surface area contributed by atoms with Gasteiger partial charge in [-0.25, -0.2) is 13.1 Å². The van der Waals surface area contributed by atoms with Crippen LogP contribution in [0.25, 0.3) is 0 Å². The van der Waals surface area contributed by atoms with Crippen LogP contribution >= 0.6 is 11.8 Å². The Morgan fingerprint density at radius 3 is 2.61 bits per heavy atom. The third-order valence-electron chi connectivity index (χ3n) is 2.20. The van der Waals surface area contributed by atoms with Crippen molar-refractivity contribution < 1.29 is 8.42 Å². The number of thioether (sulfide) groups is 1. The van der Waals surface area contributed by atoms with Crippen molar-refractivity contribution in [3.05, 3.63) is 18.2 Å². The second-order valence-corrected chi connectivity index (χ2v) is 7.23. The number of anilines is 1. The van der Waals surface area contributed by atoms with Crippen molar-refractivity contribution >= 4 is 27.5 Å². The molecule has 0 heterocycles. The van der Waals surface area contributed by atoms with Crippen LogP contribution in [0.2, 0.25) is 0 Å². The molecule has 0 spiro atoms. The van der Waals surface area contributed by atoms with Crippen molar-refractivity contribution in [1.82, 2.24) is 4.72 Å². The van der Waals surface area contributed by atoms with E-state index in [1.807, 2.05) is 0 Å². The van der Waals surface area contributed by atoms with Gasteiger partial charge in [-0.3, -0.25) is 0 Å². The molecule has 6 heteroatoms. The molecule has 0 saturated carbocycles. The molecular weight excluding hydrogens is 268 g/mol. The van der Waals surface area contributed by atoms with Crippen LogP contribution in [0.5, 0.6) is 0 Å². The zero-order chi connectivity index (χ0) is 13.8. The average molecular weight is 288 g/mol. The van der Waals surface area contributed by atoms with Crippen LogP contribution in [0, 0.1) is 5.92 Å². The summed E-state index contributed by atoms with van der Waals surface area (Å²) in [6, 6.07) is 4.82. The van der Waals surface area contributed by atoms with E-state index < -0.39 is 10.0 Å². The van der Waals surface area contributed by atoms with Crippen molar-refractivity contribution in [2.24, 2.45) is 5.92 Å². The smallest absolute Gasteiger partial charge is 0.240 e. The van der Waals surface area contributed by atoms with Crippen LogP contribution in [-0.4, -0.2) is 20.7 Å². The van der Waals surface area contributed by atoms with Crippen molar-refractivity contribution in [3.63, 3.8) is 0 Å². The fraction of sp³-hybridized carbons (Fsp3) is 0.500. The van der Waals surface area contributed by atoms with Gasteiger partial charge in [-0.15, -0.1) is 11.8 Å². The Kier molecular flexibility index (Phi) is 5.49. The first kappa shape index (κ1) is 15.3. The zero-order valence-corrected chi connectivity index (χ0v) is 12.6. The zero-order valence-electron chi connectivity index (χ0n) is 10.9. The van der Waals surface area contributed by atoms with Crippen molar-refractivity contribution in [2.45, 2.75) is 30.6 Å². The molecule has 0 radical (unpaired) electrons. The maximum atomic E-state index is 11.9. The summed E-state index contributed by atoms with van der Waals surface area (Å²) in [4.78, 5) is 1.09. The minimum atomic E-state index is -3.41. The van der Waals surface area contributed by atoms with Crippen molar-refractivity contribution in [3.8, 4) is 0 Å². The summed E-state index contributed by atoms with van der Waals surface area (Å²) < 4.78 is 26.2. The topological polar surface area (TPSA) is 72.2 Å². The van der Waals surface area contributed by atoms with Crippen molar-refractivity contribution in [1.29, 1.82) is 0 Å². The second-order valence-electron chi connectivity index (χ2n) is 4.41. The first-order valence-corrected chi connectivity index (χ1v) is 8.35. The highest BCUT2D eigenvalue weighted by Crippen LogP contribution is 2.29. The lowest BCUT2D eigenvalue weighted by Gasteiger charge is -2.10. The van der Waals surface area contributed by atoms with Gasteiger partial charge in [0.2, 0.25) is 10.0 Å². The molecule has 0 fully saturated rings. The largest absolute Gasteiger partial charge is 0.398 e. The fourth-order valence-electron chi connectivity index (χ4n) is 1.34.